The minimum atomic E-state index is -0.0480. The summed E-state index contributed by atoms with van der Waals surface area (Å²) in [5, 5.41) is 0. The van der Waals surface area contributed by atoms with Crippen LogP contribution in [-0.2, 0) is 27.1 Å². The Hall–Kier alpha value is -2.17. The van der Waals surface area contributed by atoms with Crippen molar-refractivity contribution in [2.45, 2.75) is 32.6 Å². The predicted molar refractivity (Wildman–Crippen MR) is 116 cm³/mol. The van der Waals surface area contributed by atoms with Gasteiger partial charge in [0.25, 0.3) is 0 Å². The van der Waals surface area contributed by atoms with Gasteiger partial charge in [0.15, 0.2) is 0 Å². The smallest absolute Gasteiger partial charge is 0.310 e. The molecule has 0 amide bonds. The lowest BCUT2D eigenvalue weighted by Gasteiger charge is -2.31. The number of hydrogen-bond acceptors (Lipinski definition) is 4. The summed E-state index contributed by atoms with van der Waals surface area (Å²) in [4.78, 5) is 14.3. The van der Waals surface area contributed by atoms with E-state index in [0.29, 0.717) is 13.2 Å². The molecule has 3 rings (SSSR count). The van der Waals surface area contributed by atoms with Crippen molar-refractivity contribution < 1.29 is 14.3 Å². The number of hydrogen-bond donors (Lipinski definition) is 0. The van der Waals surface area contributed by atoms with E-state index in [-0.39, 0.29) is 11.9 Å². The van der Waals surface area contributed by atoms with Crippen LogP contribution in [0.3, 0.4) is 0 Å². The number of nitrogens with zero attached hydrogens (tertiary/aromatic N) is 1. The molecule has 0 bridgehead atoms. The van der Waals surface area contributed by atoms with Crippen LogP contribution in [0.2, 0.25) is 0 Å². The molecule has 1 saturated heterocycles. The van der Waals surface area contributed by atoms with Crippen molar-refractivity contribution in [3.63, 3.8) is 0 Å². The Morgan fingerprint density at radius 2 is 1.79 bits per heavy atom. The molecule has 0 aromatic heterocycles. The molecular formula is C25H33NO3. The highest BCUT2D eigenvalue weighted by atomic mass is 16.5. The van der Waals surface area contributed by atoms with E-state index in [0.717, 1.165) is 51.9 Å². The minimum Gasteiger partial charge on any atom is -0.466 e. The third kappa shape index (κ3) is 6.98. The summed E-state index contributed by atoms with van der Waals surface area (Å²) < 4.78 is 11.1. The van der Waals surface area contributed by atoms with Gasteiger partial charge in [-0.2, -0.15) is 0 Å². The van der Waals surface area contributed by atoms with Crippen LogP contribution in [0, 0.1) is 5.92 Å². The summed E-state index contributed by atoms with van der Waals surface area (Å²) in [5.41, 5.74) is 4.06. The van der Waals surface area contributed by atoms with E-state index in [2.05, 4.69) is 59.5 Å². The topological polar surface area (TPSA) is 38.8 Å². The standard InChI is InChI=1S/C25H33NO3/c1-2-29-25(27)24-13-8-15-26(20-24)16-18-28-17-14-22-11-6-7-12-23(22)19-21-9-4-3-5-10-21/h3-7,9-12,24H,2,8,13-20H2,1H3/t24-/m1/s1. The quantitative estimate of drug-likeness (QED) is 0.448. The maximum atomic E-state index is 12.0. The van der Waals surface area contributed by atoms with Gasteiger partial charge >= 0.3 is 5.97 Å². The van der Waals surface area contributed by atoms with Gasteiger partial charge in [-0.3, -0.25) is 4.79 Å². The summed E-state index contributed by atoms with van der Waals surface area (Å²) in [7, 11) is 0. The lowest BCUT2D eigenvalue weighted by molar-refractivity contribution is -0.150. The Morgan fingerprint density at radius 1 is 1.03 bits per heavy atom. The molecule has 2 aromatic rings. The number of carbonyl (C=O) groups excluding carboxylic acids is 1. The van der Waals surface area contributed by atoms with Crippen LogP contribution in [0.4, 0.5) is 0 Å². The first-order valence-electron chi connectivity index (χ1n) is 10.8. The van der Waals surface area contributed by atoms with E-state index in [9.17, 15) is 4.79 Å². The van der Waals surface area contributed by atoms with Crippen LogP contribution < -0.4 is 0 Å². The normalized spacial score (nSPS) is 17.2. The lowest BCUT2D eigenvalue weighted by atomic mass is 9.98. The molecule has 1 atom stereocenters. The van der Waals surface area contributed by atoms with Crippen LogP contribution >= 0.6 is 0 Å². The summed E-state index contributed by atoms with van der Waals surface area (Å²) in [6.45, 7) is 6.47. The van der Waals surface area contributed by atoms with E-state index in [4.69, 9.17) is 9.47 Å². The summed E-state index contributed by atoms with van der Waals surface area (Å²) in [6.07, 6.45) is 3.87. The molecule has 1 aliphatic rings. The fourth-order valence-electron chi connectivity index (χ4n) is 3.98. The fourth-order valence-corrected chi connectivity index (χ4v) is 3.98. The van der Waals surface area contributed by atoms with Gasteiger partial charge in [0, 0.05) is 13.1 Å². The zero-order valence-electron chi connectivity index (χ0n) is 17.5. The van der Waals surface area contributed by atoms with Gasteiger partial charge in [-0.15, -0.1) is 0 Å². The molecule has 156 valence electrons. The third-order valence-corrected chi connectivity index (χ3v) is 5.55. The van der Waals surface area contributed by atoms with Gasteiger partial charge in [0.1, 0.15) is 0 Å². The molecule has 0 saturated carbocycles. The monoisotopic (exact) mass is 395 g/mol. The number of carbonyl (C=O) groups is 1. The van der Waals surface area contributed by atoms with Crippen molar-refractivity contribution in [1.82, 2.24) is 4.90 Å². The summed E-state index contributed by atoms with van der Waals surface area (Å²) in [5.74, 6) is -0.0262. The molecule has 4 nitrogen and oxygen atoms in total. The Balaban J connectivity index is 1.39. The predicted octanol–water partition coefficient (Wildman–Crippen LogP) is 4.11. The van der Waals surface area contributed by atoms with Crippen LogP contribution in [0.5, 0.6) is 0 Å². The number of ether oxygens (including phenoxy) is 2. The SMILES string of the molecule is CCOC(=O)[C@@H]1CCCN(CCOCCc2ccccc2Cc2ccccc2)C1. The average molecular weight is 396 g/mol. The molecular weight excluding hydrogens is 362 g/mol. The van der Waals surface area contributed by atoms with Crippen molar-refractivity contribution in [3.8, 4) is 0 Å². The second-order valence-electron chi connectivity index (χ2n) is 7.69. The van der Waals surface area contributed by atoms with Crippen LogP contribution in [0.1, 0.15) is 36.5 Å². The maximum absolute atomic E-state index is 12.0. The minimum absolute atomic E-state index is 0.0218. The molecule has 0 aliphatic carbocycles. The Kier molecular flexibility index (Phi) is 8.72. The molecule has 0 unspecified atom stereocenters. The van der Waals surface area contributed by atoms with E-state index in [1.165, 1.54) is 16.7 Å². The van der Waals surface area contributed by atoms with E-state index < -0.39 is 0 Å². The van der Waals surface area contributed by atoms with Gasteiger partial charge in [0.05, 0.1) is 25.7 Å². The number of rotatable bonds is 10. The van der Waals surface area contributed by atoms with Gasteiger partial charge < -0.3 is 14.4 Å². The largest absolute Gasteiger partial charge is 0.466 e. The average Bonchev–Trinajstić information content (AvgIpc) is 2.76. The van der Waals surface area contributed by atoms with Crippen LogP contribution in [0.25, 0.3) is 0 Å². The Labute approximate surface area is 174 Å². The number of esters is 1. The molecule has 0 N–H and O–H groups in total. The summed E-state index contributed by atoms with van der Waals surface area (Å²) >= 11 is 0. The van der Waals surface area contributed by atoms with Gasteiger partial charge in [-0.05, 0) is 55.8 Å². The number of piperidine rings is 1. The van der Waals surface area contributed by atoms with Gasteiger partial charge in [-0.25, -0.2) is 0 Å². The maximum Gasteiger partial charge on any atom is 0.310 e. The second-order valence-corrected chi connectivity index (χ2v) is 7.69. The van der Waals surface area contributed by atoms with Crippen molar-refractivity contribution in [3.05, 3.63) is 71.3 Å². The molecule has 4 heteroatoms. The van der Waals surface area contributed by atoms with Gasteiger partial charge in [0.2, 0.25) is 0 Å². The lowest BCUT2D eigenvalue weighted by Crippen LogP contribution is -2.41. The van der Waals surface area contributed by atoms with E-state index in [1.54, 1.807) is 0 Å². The first kappa shape index (κ1) is 21.5. The van der Waals surface area contributed by atoms with Crippen molar-refractivity contribution in [1.29, 1.82) is 0 Å². The Bertz CT molecular complexity index is 747. The molecule has 29 heavy (non-hydrogen) atoms. The second kappa shape index (κ2) is 11.7. The van der Waals surface area contributed by atoms with Crippen molar-refractivity contribution in [2.75, 3.05) is 39.5 Å². The molecule has 0 spiro atoms. The van der Waals surface area contributed by atoms with Gasteiger partial charge in [-0.1, -0.05) is 54.6 Å². The molecule has 1 heterocycles. The molecule has 0 radical (unpaired) electrons. The third-order valence-electron chi connectivity index (χ3n) is 5.55. The summed E-state index contributed by atoms with van der Waals surface area (Å²) in [6, 6.07) is 19.2. The highest BCUT2D eigenvalue weighted by Crippen LogP contribution is 2.18. The molecule has 1 aliphatic heterocycles. The van der Waals surface area contributed by atoms with Crippen molar-refractivity contribution >= 4 is 5.97 Å². The molecule has 1 fully saturated rings. The fraction of sp³-hybridized carbons (Fsp3) is 0.480. The zero-order chi connectivity index (χ0) is 20.3. The Morgan fingerprint density at radius 3 is 2.59 bits per heavy atom. The molecule has 2 aromatic carbocycles. The first-order chi connectivity index (χ1) is 14.3. The zero-order valence-corrected chi connectivity index (χ0v) is 17.5. The number of likely N-dealkylation sites (tertiary alicyclic amines) is 1. The van der Waals surface area contributed by atoms with Crippen molar-refractivity contribution in [2.24, 2.45) is 5.92 Å². The highest BCUT2D eigenvalue weighted by Gasteiger charge is 2.26. The highest BCUT2D eigenvalue weighted by molar-refractivity contribution is 5.72. The first-order valence-corrected chi connectivity index (χ1v) is 10.8. The van der Waals surface area contributed by atoms with E-state index >= 15 is 0 Å². The van der Waals surface area contributed by atoms with E-state index in [1.807, 2.05) is 6.92 Å². The number of benzene rings is 2. The van der Waals surface area contributed by atoms with Crippen LogP contribution in [0.15, 0.2) is 54.6 Å². The van der Waals surface area contributed by atoms with Crippen LogP contribution in [-0.4, -0.2) is 50.3 Å².